The summed E-state index contributed by atoms with van der Waals surface area (Å²) in [5.41, 5.74) is 2.02. The van der Waals surface area contributed by atoms with Gasteiger partial charge in [0.05, 0.1) is 17.4 Å². The molecule has 1 fully saturated rings. The maximum Gasteiger partial charge on any atom is 0.433 e. The molecule has 3 atom stereocenters. The number of hydrogen-bond acceptors (Lipinski definition) is 5. The first-order valence-corrected chi connectivity index (χ1v) is 12.0. The third-order valence-corrected chi connectivity index (χ3v) is 7.78. The summed E-state index contributed by atoms with van der Waals surface area (Å²) in [4.78, 5) is 8.58. The van der Waals surface area contributed by atoms with Crippen LogP contribution in [0.2, 0.25) is 0 Å². The van der Waals surface area contributed by atoms with Gasteiger partial charge in [-0.25, -0.2) is 0 Å². The molecule has 1 unspecified atom stereocenters. The van der Waals surface area contributed by atoms with Crippen LogP contribution in [0.5, 0.6) is 0 Å². The first-order valence-electron chi connectivity index (χ1n) is 12.0. The van der Waals surface area contributed by atoms with Crippen molar-refractivity contribution in [3.05, 3.63) is 57.7 Å². The second-order valence-electron chi connectivity index (χ2n) is 11.0. The first-order chi connectivity index (χ1) is 15.9. The van der Waals surface area contributed by atoms with Crippen molar-refractivity contribution in [2.24, 2.45) is 5.41 Å². The Balaban J connectivity index is 1.76. The predicted octanol–water partition coefficient (Wildman–Crippen LogP) is 6.00. The summed E-state index contributed by atoms with van der Waals surface area (Å²) < 4.78 is 46.1. The zero-order valence-electron chi connectivity index (χ0n) is 19.9. The van der Waals surface area contributed by atoms with Gasteiger partial charge in [-0.05, 0) is 42.2 Å². The number of pyridine rings is 2. The SMILES string of the molecule is CC(C)c1nc2c(c3c1[C@@H](c1ccc(C(F)(F)F)nc1)OC31CCCC1)C(O)CC(C)(C)[C@H]2O. The molecule has 1 aliphatic heterocycles. The lowest BCUT2D eigenvalue weighted by atomic mass is 9.69. The second-order valence-corrected chi connectivity index (χ2v) is 11.0. The number of aromatic nitrogens is 2. The van der Waals surface area contributed by atoms with Crippen molar-refractivity contribution < 1.29 is 28.1 Å². The molecule has 2 aromatic rings. The van der Waals surface area contributed by atoms with Gasteiger partial charge < -0.3 is 14.9 Å². The van der Waals surface area contributed by atoms with Crippen molar-refractivity contribution >= 4 is 0 Å². The highest BCUT2D eigenvalue weighted by atomic mass is 19.4. The molecule has 0 radical (unpaired) electrons. The van der Waals surface area contributed by atoms with Crippen molar-refractivity contribution in [2.75, 3.05) is 0 Å². The van der Waals surface area contributed by atoms with Gasteiger partial charge >= 0.3 is 6.18 Å². The molecule has 2 aliphatic carbocycles. The first kappa shape index (κ1) is 23.7. The van der Waals surface area contributed by atoms with Crippen LogP contribution in [0.25, 0.3) is 0 Å². The smallest absolute Gasteiger partial charge is 0.388 e. The lowest BCUT2D eigenvalue weighted by Gasteiger charge is -2.41. The van der Waals surface area contributed by atoms with Crippen LogP contribution in [0.15, 0.2) is 18.3 Å². The van der Waals surface area contributed by atoms with Crippen molar-refractivity contribution in [3.63, 3.8) is 0 Å². The molecule has 0 amide bonds. The molecule has 2 aromatic heterocycles. The molecule has 3 heterocycles. The van der Waals surface area contributed by atoms with Crippen LogP contribution in [0.4, 0.5) is 13.2 Å². The van der Waals surface area contributed by atoms with E-state index < -0.39 is 41.2 Å². The fourth-order valence-electron chi connectivity index (χ4n) is 6.10. The summed E-state index contributed by atoms with van der Waals surface area (Å²) in [5, 5.41) is 22.5. The van der Waals surface area contributed by atoms with Crippen molar-refractivity contribution in [2.45, 2.75) is 95.8 Å². The third-order valence-electron chi connectivity index (χ3n) is 7.78. The van der Waals surface area contributed by atoms with Gasteiger partial charge in [0.15, 0.2) is 0 Å². The van der Waals surface area contributed by atoms with E-state index in [1.807, 2.05) is 27.7 Å². The summed E-state index contributed by atoms with van der Waals surface area (Å²) >= 11 is 0. The molecule has 2 N–H and O–H groups in total. The minimum Gasteiger partial charge on any atom is -0.388 e. The van der Waals surface area contributed by atoms with E-state index in [2.05, 4.69) is 4.98 Å². The molecule has 0 bridgehead atoms. The van der Waals surface area contributed by atoms with Crippen LogP contribution >= 0.6 is 0 Å². The predicted molar refractivity (Wildman–Crippen MR) is 119 cm³/mol. The average molecular weight is 477 g/mol. The topological polar surface area (TPSA) is 75.5 Å². The number of aliphatic hydroxyl groups is 2. The standard InChI is InChI=1S/C26H31F3N2O3/c1-13(2)20-18-19(17-15(32)11-24(3,4)23(33)21(17)31-20)25(9-5-6-10-25)34-22(18)14-7-8-16(30-12-14)26(27,28)29/h7-8,12-13,15,22-23,32-33H,5-6,9-11H2,1-4H3/t15?,22-,23+/m1/s1. The summed E-state index contributed by atoms with van der Waals surface area (Å²) in [7, 11) is 0. The lowest BCUT2D eigenvalue weighted by Crippen LogP contribution is -2.35. The van der Waals surface area contributed by atoms with Crippen molar-refractivity contribution in [1.29, 1.82) is 0 Å². The van der Waals surface area contributed by atoms with Gasteiger partial charge in [0.2, 0.25) is 0 Å². The average Bonchev–Trinajstić information content (AvgIpc) is 3.36. The highest BCUT2D eigenvalue weighted by Crippen LogP contribution is 2.60. The van der Waals surface area contributed by atoms with E-state index in [1.54, 1.807) is 0 Å². The molecule has 184 valence electrons. The highest BCUT2D eigenvalue weighted by molar-refractivity contribution is 5.54. The van der Waals surface area contributed by atoms with Gasteiger partial charge in [-0.2, -0.15) is 13.2 Å². The molecule has 0 aromatic carbocycles. The van der Waals surface area contributed by atoms with Gasteiger partial charge in [-0.3, -0.25) is 9.97 Å². The monoisotopic (exact) mass is 476 g/mol. The zero-order valence-corrected chi connectivity index (χ0v) is 19.9. The maximum atomic E-state index is 13.1. The normalized spacial score (nSPS) is 27.3. The van der Waals surface area contributed by atoms with Gasteiger partial charge in [-0.15, -0.1) is 0 Å². The number of fused-ring (bicyclic) bond motifs is 4. The van der Waals surface area contributed by atoms with Gasteiger partial charge in [0.25, 0.3) is 0 Å². The summed E-state index contributed by atoms with van der Waals surface area (Å²) in [6, 6.07) is 2.41. The fraction of sp³-hybridized carbons (Fsp3) is 0.615. The number of ether oxygens (including phenoxy) is 1. The Hall–Kier alpha value is -2.03. The van der Waals surface area contributed by atoms with E-state index in [1.165, 1.54) is 12.3 Å². The number of alkyl halides is 3. The maximum absolute atomic E-state index is 13.1. The summed E-state index contributed by atoms with van der Waals surface area (Å²) in [5.74, 6) is -0.0153. The fourth-order valence-corrected chi connectivity index (χ4v) is 6.10. The lowest BCUT2D eigenvalue weighted by molar-refractivity contribution is -0.141. The highest BCUT2D eigenvalue weighted by Gasteiger charge is 2.54. The summed E-state index contributed by atoms with van der Waals surface area (Å²) in [6.45, 7) is 7.86. The van der Waals surface area contributed by atoms with Crippen LogP contribution < -0.4 is 0 Å². The van der Waals surface area contributed by atoms with E-state index in [4.69, 9.17) is 9.72 Å². The molecule has 5 nitrogen and oxygen atoms in total. The molecule has 3 aliphatic rings. The van der Waals surface area contributed by atoms with Crippen LogP contribution in [0.1, 0.15) is 123 Å². The van der Waals surface area contributed by atoms with Gasteiger partial charge in [-0.1, -0.05) is 46.6 Å². The second kappa shape index (κ2) is 7.73. The van der Waals surface area contributed by atoms with E-state index in [9.17, 15) is 23.4 Å². The number of rotatable bonds is 2. The van der Waals surface area contributed by atoms with Crippen LogP contribution in [0, 0.1) is 5.41 Å². The van der Waals surface area contributed by atoms with Gasteiger partial charge in [0.1, 0.15) is 17.9 Å². The van der Waals surface area contributed by atoms with E-state index in [-0.39, 0.29) is 5.92 Å². The molecule has 1 spiro atoms. The molecular weight excluding hydrogens is 445 g/mol. The Morgan fingerprint density at radius 2 is 1.76 bits per heavy atom. The molecule has 1 saturated carbocycles. The Kier molecular flexibility index (Phi) is 5.39. The van der Waals surface area contributed by atoms with Crippen molar-refractivity contribution in [1.82, 2.24) is 9.97 Å². The van der Waals surface area contributed by atoms with Crippen molar-refractivity contribution in [3.8, 4) is 0 Å². The minimum absolute atomic E-state index is 0.0153. The summed E-state index contributed by atoms with van der Waals surface area (Å²) in [6.07, 6.45) is -1.74. The number of nitrogens with zero attached hydrogens (tertiary/aromatic N) is 2. The van der Waals surface area contributed by atoms with Crippen LogP contribution in [-0.2, 0) is 16.5 Å². The number of aliphatic hydroxyl groups excluding tert-OH is 2. The number of hydrogen-bond donors (Lipinski definition) is 2. The van der Waals surface area contributed by atoms with Crippen LogP contribution in [0.3, 0.4) is 0 Å². The Bertz CT molecular complexity index is 1110. The Labute approximate surface area is 197 Å². The molecule has 0 saturated heterocycles. The number of halogens is 3. The minimum atomic E-state index is -4.52. The molecule has 34 heavy (non-hydrogen) atoms. The van der Waals surface area contributed by atoms with Gasteiger partial charge in [0, 0.05) is 28.6 Å². The van der Waals surface area contributed by atoms with Crippen LogP contribution in [-0.4, -0.2) is 20.2 Å². The zero-order chi connectivity index (χ0) is 24.6. The third kappa shape index (κ3) is 3.48. The molecule has 8 heteroatoms. The quantitative estimate of drug-likeness (QED) is 0.556. The largest absolute Gasteiger partial charge is 0.433 e. The van der Waals surface area contributed by atoms with E-state index in [0.717, 1.165) is 48.6 Å². The van der Waals surface area contributed by atoms with E-state index >= 15 is 0 Å². The Morgan fingerprint density at radius 3 is 2.32 bits per heavy atom. The Morgan fingerprint density at radius 1 is 1.09 bits per heavy atom. The van der Waals surface area contributed by atoms with E-state index in [0.29, 0.717) is 23.2 Å². The molecular formula is C26H31F3N2O3. The molecule has 5 rings (SSSR count).